The number of ether oxygens (including phenoxy) is 1. The fraction of sp³-hybridized carbons (Fsp3) is 0.667. The summed E-state index contributed by atoms with van der Waals surface area (Å²) in [4.78, 5) is 12.2. The van der Waals surface area contributed by atoms with Crippen LogP contribution in [0.1, 0.15) is 69.3 Å². The Morgan fingerprint density at radius 2 is 2.00 bits per heavy atom. The summed E-state index contributed by atoms with van der Waals surface area (Å²) >= 11 is 1.43. The number of unbranched alkanes of at least 4 members (excludes halogenated alkanes) is 3. The Morgan fingerprint density at radius 3 is 2.58 bits per heavy atom. The van der Waals surface area contributed by atoms with E-state index in [2.05, 4.69) is 6.92 Å². The molecule has 0 aliphatic heterocycles. The maximum Gasteiger partial charge on any atom is 0.341 e. The van der Waals surface area contributed by atoms with Crippen LogP contribution < -0.4 is 5.73 Å². The largest absolute Gasteiger partial charge is 0.456 e. The number of rotatable bonds is 6. The molecule has 1 heterocycles. The zero-order chi connectivity index (χ0) is 14.5. The Balaban J connectivity index is 2.71. The van der Waals surface area contributed by atoms with Gasteiger partial charge in [0.25, 0.3) is 0 Å². The average molecular weight is 283 g/mol. The highest BCUT2D eigenvalue weighted by Crippen LogP contribution is 2.28. The second kappa shape index (κ2) is 6.94. The van der Waals surface area contributed by atoms with Crippen LogP contribution in [0, 0.1) is 0 Å². The normalized spacial score (nSPS) is 11.6. The zero-order valence-corrected chi connectivity index (χ0v) is 13.2. The molecule has 0 aliphatic carbocycles. The Hall–Kier alpha value is -1.03. The standard InChI is InChI=1S/C15H25NO2S/c1-5-6-7-8-9-11-10-19-13(16)12(11)14(17)18-15(2,3)4/h10H,5-9,16H2,1-4H3. The van der Waals surface area contributed by atoms with Crippen molar-refractivity contribution in [2.75, 3.05) is 5.73 Å². The van der Waals surface area contributed by atoms with Crippen LogP contribution in [0.4, 0.5) is 5.00 Å². The lowest BCUT2D eigenvalue weighted by molar-refractivity contribution is 0.00702. The first kappa shape index (κ1) is 16.0. The van der Waals surface area contributed by atoms with Gasteiger partial charge < -0.3 is 10.5 Å². The molecule has 1 aromatic rings. The lowest BCUT2D eigenvalue weighted by Gasteiger charge is -2.20. The zero-order valence-electron chi connectivity index (χ0n) is 12.4. The van der Waals surface area contributed by atoms with E-state index in [1.807, 2.05) is 26.2 Å². The molecule has 0 amide bonds. The van der Waals surface area contributed by atoms with E-state index in [1.165, 1.54) is 30.6 Å². The summed E-state index contributed by atoms with van der Waals surface area (Å²) in [6.07, 6.45) is 5.65. The van der Waals surface area contributed by atoms with Crippen molar-refractivity contribution < 1.29 is 9.53 Å². The molecule has 0 bridgehead atoms. The van der Waals surface area contributed by atoms with Crippen molar-refractivity contribution in [3.63, 3.8) is 0 Å². The van der Waals surface area contributed by atoms with Crippen LogP contribution in [-0.2, 0) is 11.2 Å². The molecule has 4 heteroatoms. The van der Waals surface area contributed by atoms with Crippen molar-refractivity contribution in [2.24, 2.45) is 0 Å². The predicted octanol–water partition coefficient (Wildman–Crippen LogP) is 4.41. The topological polar surface area (TPSA) is 52.3 Å². The van der Waals surface area contributed by atoms with Crippen LogP contribution in [0.2, 0.25) is 0 Å². The van der Waals surface area contributed by atoms with Crippen molar-refractivity contribution in [3.8, 4) is 0 Å². The highest BCUT2D eigenvalue weighted by atomic mass is 32.1. The molecular formula is C15H25NO2S. The molecular weight excluding hydrogens is 258 g/mol. The average Bonchev–Trinajstić information content (AvgIpc) is 2.64. The molecule has 1 rings (SSSR count). The van der Waals surface area contributed by atoms with Crippen LogP contribution in [0.25, 0.3) is 0 Å². The number of carbonyl (C=O) groups excluding carboxylic acids is 1. The number of carbonyl (C=O) groups is 1. The SMILES string of the molecule is CCCCCCc1csc(N)c1C(=O)OC(C)(C)C. The molecule has 0 saturated carbocycles. The van der Waals surface area contributed by atoms with Crippen molar-refractivity contribution in [2.45, 2.75) is 65.4 Å². The molecule has 0 radical (unpaired) electrons. The minimum absolute atomic E-state index is 0.295. The third kappa shape index (κ3) is 5.23. The van der Waals surface area contributed by atoms with Crippen molar-refractivity contribution in [1.29, 1.82) is 0 Å². The monoisotopic (exact) mass is 283 g/mol. The van der Waals surface area contributed by atoms with Gasteiger partial charge in [-0.15, -0.1) is 11.3 Å². The molecule has 0 aliphatic rings. The van der Waals surface area contributed by atoms with E-state index >= 15 is 0 Å². The number of nitrogens with two attached hydrogens (primary N) is 1. The van der Waals surface area contributed by atoms with E-state index in [1.54, 1.807) is 0 Å². The van der Waals surface area contributed by atoms with E-state index in [0.717, 1.165) is 18.4 Å². The number of thiophene rings is 1. The van der Waals surface area contributed by atoms with E-state index in [0.29, 0.717) is 10.6 Å². The van der Waals surface area contributed by atoms with E-state index in [4.69, 9.17) is 10.5 Å². The highest BCUT2D eigenvalue weighted by Gasteiger charge is 2.23. The van der Waals surface area contributed by atoms with Gasteiger partial charge in [0, 0.05) is 0 Å². The van der Waals surface area contributed by atoms with Crippen molar-refractivity contribution in [3.05, 3.63) is 16.5 Å². The first-order chi connectivity index (χ1) is 8.85. The molecule has 0 saturated heterocycles. The molecule has 3 nitrogen and oxygen atoms in total. The van der Waals surface area contributed by atoms with Gasteiger partial charge in [-0.25, -0.2) is 4.79 Å². The summed E-state index contributed by atoms with van der Waals surface area (Å²) in [7, 11) is 0. The number of anilines is 1. The summed E-state index contributed by atoms with van der Waals surface area (Å²) in [6.45, 7) is 7.80. The van der Waals surface area contributed by atoms with Crippen LogP contribution in [0.15, 0.2) is 5.38 Å². The van der Waals surface area contributed by atoms with Gasteiger partial charge >= 0.3 is 5.97 Å². The number of nitrogen functional groups attached to an aromatic ring is 1. The summed E-state index contributed by atoms with van der Waals surface area (Å²) in [5.74, 6) is -0.295. The third-order valence-corrected chi connectivity index (χ3v) is 3.66. The van der Waals surface area contributed by atoms with Gasteiger partial charge in [0.1, 0.15) is 10.6 Å². The Kier molecular flexibility index (Phi) is 5.85. The van der Waals surface area contributed by atoms with Crippen LogP contribution in [-0.4, -0.2) is 11.6 Å². The highest BCUT2D eigenvalue weighted by molar-refractivity contribution is 7.14. The minimum atomic E-state index is -0.481. The summed E-state index contributed by atoms with van der Waals surface area (Å²) in [6, 6.07) is 0. The van der Waals surface area contributed by atoms with Gasteiger partial charge in [-0.3, -0.25) is 0 Å². The smallest absolute Gasteiger partial charge is 0.341 e. The Bertz CT molecular complexity index is 418. The van der Waals surface area contributed by atoms with Gasteiger partial charge in [-0.2, -0.15) is 0 Å². The van der Waals surface area contributed by atoms with E-state index < -0.39 is 5.60 Å². The predicted molar refractivity (Wildman–Crippen MR) is 81.7 cm³/mol. The summed E-state index contributed by atoms with van der Waals surface area (Å²) in [5.41, 5.74) is 7.04. The van der Waals surface area contributed by atoms with Crippen LogP contribution >= 0.6 is 11.3 Å². The molecule has 19 heavy (non-hydrogen) atoms. The van der Waals surface area contributed by atoms with Gasteiger partial charge in [0.2, 0.25) is 0 Å². The van der Waals surface area contributed by atoms with Crippen molar-refractivity contribution >= 4 is 22.3 Å². The molecule has 0 aromatic carbocycles. The number of aryl methyl sites for hydroxylation is 1. The maximum absolute atomic E-state index is 12.2. The molecule has 0 unspecified atom stereocenters. The van der Waals surface area contributed by atoms with Gasteiger partial charge in [-0.05, 0) is 44.6 Å². The molecule has 0 spiro atoms. The first-order valence-electron chi connectivity index (χ1n) is 6.94. The number of hydrogen-bond donors (Lipinski definition) is 1. The number of hydrogen-bond acceptors (Lipinski definition) is 4. The summed E-state index contributed by atoms with van der Waals surface area (Å²) < 4.78 is 5.42. The molecule has 108 valence electrons. The van der Waals surface area contributed by atoms with E-state index in [9.17, 15) is 4.79 Å². The lowest BCUT2D eigenvalue weighted by Crippen LogP contribution is -2.24. The fourth-order valence-electron chi connectivity index (χ4n) is 1.90. The molecule has 1 aromatic heterocycles. The first-order valence-corrected chi connectivity index (χ1v) is 7.82. The minimum Gasteiger partial charge on any atom is -0.456 e. The van der Waals surface area contributed by atoms with Gasteiger partial charge in [-0.1, -0.05) is 26.2 Å². The van der Waals surface area contributed by atoms with Crippen LogP contribution in [0.5, 0.6) is 0 Å². The maximum atomic E-state index is 12.2. The molecule has 0 fully saturated rings. The van der Waals surface area contributed by atoms with Crippen LogP contribution in [0.3, 0.4) is 0 Å². The van der Waals surface area contributed by atoms with Gasteiger partial charge in [0.15, 0.2) is 0 Å². The van der Waals surface area contributed by atoms with E-state index in [-0.39, 0.29) is 5.97 Å². The Morgan fingerprint density at radius 1 is 1.32 bits per heavy atom. The van der Waals surface area contributed by atoms with Crippen molar-refractivity contribution in [1.82, 2.24) is 0 Å². The quantitative estimate of drug-likeness (QED) is 0.621. The fourth-order valence-corrected chi connectivity index (χ4v) is 2.73. The summed E-state index contributed by atoms with van der Waals surface area (Å²) in [5, 5.41) is 2.56. The third-order valence-electron chi connectivity index (χ3n) is 2.80. The van der Waals surface area contributed by atoms with Gasteiger partial charge in [0.05, 0.1) is 5.56 Å². The molecule has 0 atom stereocenters. The molecule has 2 N–H and O–H groups in total. The second-order valence-electron chi connectivity index (χ2n) is 5.81. The second-order valence-corrected chi connectivity index (χ2v) is 6.72. The number of esters is 1. The Labute approximate surface area is 120 Å². The lowest BCUT2D eigenvalue weighted by atomic mass is 10.0.